The van der Waals surface area contributed by atoms with Crippen molar-refractivity contribution in [2.45, 2.75) is 57.7 Å². The molecule has 17 heavy (non-hydrogen) atoms. The molecule has 3 heteroatoms. The summed E-state index contributed by atoms with van der Waals surface area (Å²) >= 11 is 0. The minimum atomic E-state index is -0.154. The van der Waals surface area contributed by atoms with Crippen LogP contribution in [0, 0.1) is 11.8 Å². The van der Waals surface area contributed by atoms with Crippen molar-refractivity contribution in [1.82, 2.24) is 0 Å². The van der Waals surface area contributed by atoms with Crippen LogP contribution in [0.15, 0.2) is 0 Å². The molecule has 0 aromatic rings. The molecule has 2 aliphatic heterocycles. The van der Waals surface area contributed by atoms with Crippen LogP contribution in [0.25, 0.3) is 0 Å². The van der Waals surface area contributed by atoms with Gasteiger partial charge in [-0.05, 0) is 43.9 Å². The zero-order valence-electron chi connectivity index (χ0n) is 11.2. The summed E-state index contributed by atoms with van der Waals surface area (Å²) < 4.78 is 11.4. The summed E-state index contributed by atoms with van der Waals surface area (Å²) in [4.78, 5) is 0. The molecule has 3 nitrogen and oxygen atoms in total. The summed E-state index contributed by atoms with van der Waals surface area (Å²) in [5.74, 6) is 0.989. The predicted molar refractivity (Wildman–Crippen MR) is 66.9 cm³/mol. The van der Waals surface area contributed by atoms with Gasteiger partial charge in [0.1, 0.15) is 0 Å². The number of hydrogen-bond acceptors (Lipinski definition) is 3. The Morgan fingerprint density at radius 1 is 1.24 bits per heavy atom. The van der Waals surface area contributed by atoms with Crippen molar-refractivity contribution in [1.29, 1.82) is 0 Å². The van der Waals surface area contributed by atoms with E-state index in [1.165, 1.54) is 0 Å². The quantitative estimate of drug-likeness (QED) is 0.825. The van der Waals surface area contributed by atoms with Crippen LogP contribution in [0.5, 0.6) is 0 Å². The average Bonchev–Trinajstić information content (AvgIpc) is 2.29. The maximum atomic E-state index is 10.3. The van der Waals surface area contributed by atoms with Gasteiger partial charge in [0.15, 0.2) is 0 Å². The molecule has 0 aromatic carbocycles. The predicted octanol–water partition coefficient (Wildman–Crippen LogP) is 2.37. The van der Waals surface area contributed by atoms with Crippen LogP contribution < -0.4 is 0 Å². The molecule has 2 aliphatic rings. The van der Waals surface area contributed by atoms with Crippen LogP contribution in [0.1, 0.15) is 46.0 Å². The van der Waals surface area contributed by atoms with Gasteiger partial charge in [-0.3, -0.25) is 0 Å². The first-order valence-corrected chi connectivity index (χ1v) is 7.01. The molecule has 0 radical (unpaired) electrons. The van der Waals surface area contributed by atoms with Crippen molar-refractivity contribution >= 4 is 0 Å². The summed E-state index contributed by atoms with van der Waals surface area (Å²) in [7, 11) is 0. The zero-order chi connectivity index (χ0) is 12.3. The topological polar surface area (TPSA) is 38.7 Å². The fraction of sp³-hybridized carbons (Fsp3) is 1.00. The van der Waals surface area contributed by atoms with Crippen LogP contribution >= 0.6 is 0 Å². The first-order valence-electron chi connectivity index (χ1n) is 7.01. The lowest BCUT2D eigenvalue weighted by atomic mass is 9.77. The van der Waals surface area contributed by atoms with Crippen molar-refractivity contribution in [3.05, 3.63) is 0 Å². The second-order valence-electron chi connectivity index (χ2n) is 6.09. The van der Waals surface area contributed by atoms with E-state index < -0.39 is 0 Å². The van der Waals surface area contributed by atoms with Crippen molar-refractivity contribution in [2.24, 2.45) is 11.8 Å². The van der Waals surface area contributed by atoms with Gasteiger partial charge < -0.3 is 14.6 Å². The van der Waals surface area contributed by atoms with E-state index in [0.29, 0.717) is 11.8 Å². The number of aliphatic hydroxyl groups is 1. The third-order valence-electron chi connectivity index (χ3n) is 4.19. The van der Waals surface area contributed by atoms with Crippen LogP contribution in [0.2, 0.25) is 0 Å². The van der Waals surface area contributed by atoms with Crippen LogP contribution in [-0.4, -0.2) is 36.6 Å². The summed E-state index contributed by atoms with van der Waals surface area (Å²) in [6.07, 6.45) is 4.78. The first kappa shape index (κ1) is 13.3. The molecule has 0 amide bonds. The maximum absolute atomic E-state index is 10.3. The molecule has 2 heterocycles. The molecule has 2 rings (SSSR count). The van der Waals surface area contributed by atoms with Gasteiger partial charge in [0.25, 0.3) is 0 Å². The molecule has 0 aliphatic carbocycles. The second kappa shape index (κ2) is 5.68. The number of aliphatic hydroxyl groups excluding tert-OH is 1. The van der Waals surface area contributed by atoms with Crippen LogP contribution in [-0.2, 0) is 9.47 Å². The number of hydrogen-bond donors (Lipinski definition) is 1. The Balaban J connectivity index is 1.91. The molecule has 2 saturated heterocycles. The summed E-state index contributed by atoms with van der Waals surface area (Å²) in [6, 6.07) is 0. The zero-order valence-corrected chi connectivity index (χ0v) is 11.2. The average molecular weight is 242 g/mol. The molecule has 0 bridgehead atoms. The minimum Gasteiger partial charge on any atom is -0.393 e. The summed E-state index contributed by atoms with van der Waals surface area (Å²) in [5, 5.41) is 10.3. The Hall–Kier alpha value is -0.120. The number of ether oxygens (including phenoxy) is 2. The largest absolute Gasteiger partial charge is 0.393 e. The SMILES string of the molecule is CC(C)CC(O)C1CCOC2(CCOCC2)C1. The normalized spacial score (nSPS) is 30.7. The lowest BCUT2D eigenvalue weighted by molar-refractivity contribution is -0.159. The molecule has 2 unspecified atom stereocenters. The van der Waals surface area contributed by atoms with Gasteiger partial charge in [0.05, 0.1) is 11.7 Å². The third-order valence-corrected chi connectivity index (χ3v) is 4.19. The van der Waals surface area contributed by atoms with E-state index in [0.717, 1.165) is 51.9 Å². The lowest BCUT2D eigenvalue weighted by Gasteiger charge is -2.44. The van der Waals surface area contributed by atoms with Gasteiger partial charge in [-0.2, -0.15) is 0 Å². The van der Waals surface area contributed by atoms with E-state index in [1.54, 1.807) is 0 Å². The van der Waals surface area contributed by atoms with E-state index in [2.05, 4.69) is 13.8 Å². The number of rotatable bonds is 3. The molecule has 100 valence electrons. The van der Waals surface area contributed by atoms with Gasteiger partial charge >= 0.3 is 0 Å². The first-order chi connectivity index (χ1) is 8.11. The molecular weight excluding hydrogens is 216 g/mol. The van der Waals surface area contributed by atoms with Crippen molar-refractivity contribution in [3.8, 4) is 0 Å². The molecule has 2 fully saturated rings. The van der Waals surface area contributed by atoms with Gasteiger partial charge in [0, 0.05) is 19.8 Å². The Labute approximate surface area is 104 Å². The van der Waals surface area contributed by atoms with Crippen LogP contribution in [0.3, 0.4) is 0 Å². The molecule has 1 N–H and O–H groups in total. The monoisotopic (exact) mass is 242 g/mol. The molecule has 0 saturated carbocycles. The highest BCUT2D eigenvalue weighted by molar-refractivity contribution is 4.91. The lowest BCUT2D eigenvalue weighted by Crippen LogP contribution is -2.46. The maximum Gasteiger partial charge on any atom is 0.0730 e. The van der Waals surface area contributed by atoms with Gasteiger partial charge in [0.2, 0.25) is 0 Å². The Morgan fingerprint density at radius 2 is 1.94 bits per heavy atom. The Morgan fingerprint density at radius 3 is 2.59 bits per heavy atom. The Bertz CT molecular complexity index is 228. The molecule has 0 aromatic heterocycles. The van der Waals surface area contributed by atoms with E-state index in [9.17, 15) is 5.11 Å². The minimum absolute atomic E-state index is 0.0130. The van der Waals surface area contributed by atoms with Gasteiger partial charge in [-0.15, -0.1) is 0 Å². The Kier molecular flexibility index (Phi) is 4.45. The molecular formula is C14H26O3. The van der Waals surface area contributed by atoms with E-state index in [1.807, 2.05) is 0 Å². The van der Waals surface area contributed by atoms with E-state index in [-0.39, 0.29) is 11.7 Å². The smallest absolute Gasteiger partial charge is 0.0730 e. The third kappa shape index (κ3) is 3.43. The molecule has 1 spiro atoms. The highest BCUT2D eigenvalue weighted by atomic mass is 16.5. The highest BCUT2D eigenvalue weighted by Gasteiger charge is 2.40. The van der Waals surface area contributed by atoms with E-state index in [4.69, 9.17) is 9.47 Å². The highest BCUT2D eigenvalue weighted by Crippen LogP contribution is 2.39. The van der Waals surface area contributed by atoms with Crippen molar-refractivity contribution in [3.63, 3.8) is 0 Å². The fourth-order valence-corrected chi connectivity index (χ4v) is 3.16. The molecule has 2 atom stereocenters. The fourth-order valence-electron chi connectivity index (χ4n) is 3.16. The van der Waals surface area contributed by atoms with Gasteiger partial charge in [-0.25, -0.2) is 0 Å². The van der Waals surface area contributed by atoms with Gasteiger partial charge in [-0.1, -0.05) is 13.8 Å². The summed E-state index contributed by atoms with van der Waals surface area (Å²) in [6.45, 7) is 6.78. The van der Waals surface area contributed by atoms with Crippen LogP contribution in [0.4, 0.5) is 0 Å². The summed E-state index contributed by atoms with van der Waals surface area (Å²) in [5.41, 5.74) is 0.0130. The second-order valence-corrected chi connectivity index (χ2v) is 6.09. The standard InChI is InChI=1S/C14H26O3/c1-11(2)9-13(15)12-3-6-17-14(10-12)4-7-16-8-5-14/h11-13,15H,3-10H2,1-2H3. The van der Waals surface area contributed by atoms with Crippen molar-refractivity contribution < 1.29 is 14.6 Å². The van der Waals surface area contributed by atoms with E-state index >= 15 is 0 Å². The van der Waals surface area contributed by atoms with Crippen molar-refractivity contribution in [2.75, 3.05) is 19.8 Å².